The van der Waals surface area contributed by atoms with Gasteiger partial charge in [-0.1, -0.05) is 29.9 Å². The van der Waals surface area contributed by atoms with E-state index >= 15 is 0 Å². The first-order valence-electron chi connectivity index (χ1n) is 5.61. The average Bonchev–Trinajstić information content (AvgIpc) is 2.84. The molecule has 1 aromatic heterocycles. The number of hydrogen-bond donors (Lipinski definition) is 1. The normalized spacial score (nSPS) is 10.4. The van der Waals surface area contributed by atoms with Gasteiger partial charge in [-0.25, -0.2) is 0 Å². The number of aryl methyl sites for hydroxylation is 1. The maximum Gasteiger partial charge on any atom is 0.205 e. The molecule has 0 saturated heterocycles. The third-order valence-electron chi connectivity index (χ3n) is 2.44. The van der Waals surface area contributed by atoms with Crippen molar-refractivity contribution < 1.29 is 4.74 Å². The predicted octanol–water partition coefficient (Wildman–Crippen LogP) is 3.37. The van der Waals surface area contributed by atoms with E-state index in [1.165, 1.54) is 0 Å². The lowest BCUT2D eigenvalue weighted by atomic mass is 10.2. The highest BCUT2D eigenvalue weighted by Gasteiger charge is 2.06. The van der Waals surface area contributed by atoms with Gasteiger partial charge in [-0.15, -0.1) is 10.2 Å². The topological polar surface area (TPSA) is 47.0 Å². The first kappa shape index (κ1) is 13.1. The molecule has 1 heterocycles. The number of halogens is 1. The largest absolute Gasteiger partial charge is 0.496 e. The fourth-order valence-electron chi connectivity index (χ4n) is 1.52. The van der Waals surface area contributed by atoms with Crippen LogP contribution in [0.25, 0.3) is 0 Å². The third kappa shape index (κ3) is 3.11. The molecule has 6 heteroatoms. The molecule has 2 rings (SSSR count). The Morgan fingerprint density at radius 2 is 2.22 bits per heavy atom. The second-order valence-corrected chi connectivity index (χ2v) is 5.16. The van der Waals surface area contributed by atoms with E-state index in [2.05, 4.69) is 22.4 Å². The molecule has 0 amide bonds. The number of benzene rings is 1. The lowest BCUT2D eigenvalue weighted by Gasteiger charge is -2.09. The second kappa shape index (κ2) is 6.02. The zero-order valence-electron chi connectivity index (χ0n) is 10.2. The van der Waals surface area contributed by atoms with Crippen LogP contribution in [0.3, 0.4) is 0 Å². The molecule has 4 nitrogen and oxygen atoms in total. The molecule has 1 aromatic carbocycles. The lowest BCUT2D eigenvalue weighted by molar-refractivity contribution is 0.410. The third-order valence-corrected chi connectivity index (χ3v) is 3.70. The summed E-state index contributed by atoms with van der Waals surface area (Å²) in [7, 11) is 1.65. The summed E-state index contributed by atoms with van der Waals surface area (Å²) in [5.41, 5.74) is 0.998. The van der Waals surface area contributed by atoms with Gasteiger partial charge in [0, 0.05) is 17.1 Å². The number of ether oxygens (including phenoxy) is 1. The summed E-state index contributed by atoms with van der Waals surface area (Å²) in [5, 5.41) is 13.9. The van der Waals surface area contributed by atoms with E-state index in [1.54, 1.807) is 18.4 Å². The quantitative estimate of drug-likeness (QED) is 0.914. The molecule has 0 atom stereocenters. The van der Waals surface area contributed by atoms with E-state index in [4.69, 9.17) is 16.3 Å². The standard InChI is InChI=1S/C12H14ClN3OS/c1-3-11-15-16-12(18-11)14-7-8-6-9(13)4-5-10(8)17-2/h4-6H,3,7H2,1-2H3,(H,14,16). The van der Waals surface area contributed by atoms with Crippen molar-refractivity contribution in [3.05, 3.63) is 33.8 Å². The van der Waals surface area contributed by atoms with Gasteiger partial charge in [-0.3, -0.25) is 0 Å². The minimum Gasteiger partial charge on any atom is -0.496 e. The molecular weight excluding hydrogens is 270 g/mol. The van der Waals surface area contributed by atoms with Crippen LogP contribution in [0.1, 0.15) is 17.5 Å². The van der Waals surface area contributed by atoms with Gasteiger partial charge in [-0.2, -0.15) is 0 Å². The monoisotopic (exact) mass is 283 g/mol. The van der Waals surface area contributed by atoms with Gasteiger partial charge in [0.25, 0.3) is 0 Å². The molecule has 0 aliphatic rings. The van der Waals surface area contributed by atoms with E-state index in [-0.39, 0.29) is 0 Å². The number of nitrogens with one attached hydrogen (secondary N) is 1. The fourth-order valence-corrected chi connectivity index (χ4v) is 2.39. The number of methoxy groups -OCH3 is 1. The molecule has 0 fully saturated rings. The fraction of sp³-hybridized carbons (Fsp3) is 0.333. The lowest BCUT2D eigenvalue weighted by Crippen LogP contribution is -2.01. The van der Waals surface area contributed by atoms with Crippen molar-refractivity contribution in [3.63, 3.8) is 0 Å². The summed E-state index contributed by atoms with van der Waals surface area (Å²) in [5.74, 6) is 0.812. The summed E-state index contributed by atoms with van der Waals surface area (Å²) < 4.78 is 5.28. The summed E-state index contributed by atoms with van der Waals surface area (Å²) in [6.45, 7) is 2.67. The Hall–Kier alpha value is -1.33. The summed E-state index contributed by atoms with van der Waals surface area (Å²) in [6.07, 6.45) is 0.903. The van der Waals surface area contributed by atoms with Crippen LogP contribution in [0.4, 0.5) is 5.13 Å². The van der Waals surface area contributed by atoms with Gasteiger partial charge in [0.15, 0.2) is 0 Å². The molecule has 1 N–H and O–H groups in total. The van der Waals surface area contributed by atoms with Crippen molar-refractivity contribution in [3.8, 4) is 5.75 Å². The Morgan fingerprint density at radius 3 is 2.89 bits per heavy atom. The van der Waals surface area contributed by atoms with Gasteiger partial charge in [0.1, 0.15) is 10.8 Å². The minimum absolute atomic E-state index is 0.613. The van der Waals surface area contributed by atoms with Crippen LogP contribution < -0.4 is 10.1 Å². The first-order valence-corrected chi connectivity index (χ1v) is 6.81. The van der Waals surface area contributed by atoms with Gasteiger partial charge < -0.3 is 10.1 Å². The highest BCUT2D eigenvalue weighted by Crippen LogP contribution is 2.24. The van der Waals surface area contributed by atoms with Crippen LogP contribution >= 0.6 is 22.9 Å². The zero-order valence-corrected chi connectivity index (χ0v) is 11.8. The van der Waals surface area contributed by atoms with Crippen LogP contribution in [-0.2, 0) is 13.0 Å². The van der Waals surface area contributed by atoms with Crippen molar-refractivity contribution in [2.45, 2.75) is 19.9 Å². The molecule has 0 radical (unpaired) electrons. The molecule has 0 spiro atoms. The number of anilines is 1. The molecular formula is C12H14ClN3OS. The highest BCUT2D eigenvalue weighted by molar-refractivity contribution is 7.15. The molecule has 96 valence electrons. The van der Waals surface area contributed by atoms with E-state index < -0.39 is 0 Å². The summed E-state index contributed by atoms with van der Waals surface area (Å²) in [4.78, 5) is 0. The van der Waals surface area contributed by atoms with Crippen molar-refractivity contribution in [1.29, 1.82) is 0 Å². The summed E-state index contributed by atoms with van der Waals surface area (Å²) in [6, 6.07) is 5.55. The molecule has 0 aliphatic heterocycles. The van der Waals surface area contributed by atoms with Crippen molar-refractivity contribution in [1.82, 2.24) is 10.2 Å². The minimum atomic E-state index is 0.613. The molecule has 0 unspecified atom stereocenters. The smallest absolute Gasteiger partial charge is 0.205 e. The van der Waals surface area contributed by atoms with Crippen LogP contribution in [0.15, 0.2) is 18.2 Å². The molecule has 2 aromatic rings. The van der Waals surface area contributed by atoms with Crippen molar-refractivity contribution in [2.75, 3.05) is 12.4 Å². The van der Waals surface area contributed by atoms with Crippen LogP contribution in [0.2, 0.25) is 5.02 Å². The zero-order chi connectivity index (χ0) is 13.0. The van der Waals surface area contributed by atoms with E-state index in [9.17, 15) is 0 Å². The first-order chi connectivity index (χ1) is 8.72. The Bertz CT molecular complexity index is 530. The summed E-state index contributed by atoms with van der Waals surface area (Å²) >= 11 is 7.54. The van der Waals surface area contributed by atoms with Crippen LogP contribution in [0, 0.1) is 0 Å². The maximum absolute atomic E-state index is 5.97. The Morgan fingerprint density at radius 1 is 1.39 bits per heavy atom. The average molecular weight is 284 g/mol. The van der Waals surface area contributed by atoms with Gasteiger partial charge in [0.05, 0.1) is 7.11 Å². The van der Waals surface area contributed by atoms with Crippen LogP contribution in [0.5, 0.6) is 5.75 Å². The van der Waals surface area contributed by atoms with E-state index in [0.29, 0.717) is 11.6 Å². The highest BCUT2D eigenvalue weighted by atomic mass is 35.5. The second-order valence-electron chi connectivity index (χ2n) is 3.66. The number of rotatable bonds is 5. The SMILES string of the molecule is CCc1nnc(NCc2cc(Cl)ccc2OC)s1. The predicted molar refractivity (Wildman–Crippen MR) is 74.6 cm³/mol. The molecule has 18 heavy (non-hydrogen) atoms. The van der Waals surface area contributed by atoms with E-state index in [1.807, 2.05) is 18.2 Å². The Kier molecular flexibility index (Phi) is 4.38. The molecule has 0 saturated carbocycles. The Balaban J connectivity index is 2.07. The van der Waals surface area contributed by atoms with Gasteiger partial charge in [0.2, 0.25) is 5.13 Å². The number of nitrogens with zero attached hydrogens (tertiary/aromatic N) is 2. The van der Waals surface area contributed by atoms with Crippen LogP contribution in [-0.4, -0.2) is 17.3 Å². The number of hydrogen-bond acceptors (Lipinski definition) is 5. The van der Waals surface area contributed by atoms with Crippen molar-refractivity contribution in [2.24, 2.45) is 0 Å². The maximum atomic E-state index is 5.97. The van der Waals surface area contributed by atoms with Gasteiger partial charge in [-0.05, 0) is 24.6 Å². The Labute approximate surface area is 115 Å². The molecule has 0 aliphatic carbocycles. The molecule has 0 bridgehead atoms. The van der Waals surface area contributed by atoms with E-state index in [0.717, 1.165) is 27.9 Å². The van der Waals surface area contributed by atoms with Crippen molar-refractivity contribution >= 4 is 28.1 Å². The van der Waals surface area contributed by atoms with Gasteiger partial charge >= 0.3 is 0 Å². The number of aromatic nitrogens is 2.